The monoisotopic (exact) mass is 259 g/mol. The van der Waals surface area contributed by atoms with Crippen LogP contribution < -0.4 is 10.2 Å². The van der Waals surface area contributed by atoms with Gasteiger partial charge in [0.2, 0.25) is 0 Å². The molecule has 102 valence electrons. The Morgan fingerprint density at radius 3 is 2.47 bits per heavy atom. The molecule has 0 fully saturated rings. The molecular formula is C15H21N3O. The molecule has 0 aliphatic heterocycles. The number of benzene rings is 1. The summed E-state index contributed by atoms with van der Waals surface area (Å²) in [5.41, 5.74) is 4.68. The standard InChI is InChI=1S/C15H21N3O/c1-11-5-12(2)7-14(6-11)18(4)10-15-8-13(9-16-3)17-19-15/h5-8,16H,9-10H2,1-4H3. The minimum absolute atomic E-state index is 0.722. The molecule has 0 unspecified atom stereocenters. The predicted octanol–water partition coefficient (Wildman–Crippen LogP) is 2.65. The second-order valence-electron chi connectivity index (χ2n) is 5.02. The molecule has 0 saturated heterocycles. The fraction of sp³-hybridized carbons (Fsp3) is 0.400. The van der Waals surface area contributed by atoms with Gasteiger partial charge in [-0.3, -0.25) is 0 Å². The lowest BCUT2D eigenvalue weighted by atomic mass is 10.1. The molecule has 0 aliphatic carbocycles. The first-order chi connectivity index (χ1) is 9.08. The van der Waals surface area contributed by atoms with E-state index in [1.165, 1.54) is 16.8 Å². The molecule has 0 aliphatic rings. The van der Waals surface area contributed by atoms with E-state index in [9.17, 15) is 0 Å². The maximum absolute atomic E-state index is 5.34. The second-order valence-corrected chi connectivity index (χ2v) is 5.02. The molecule has 0 radical (unpaired) electrons. The maximum atomic E-state index is 5.34. The van der Waals surface area contributed by atoms with Crippen molar-refractivity contribution in [1.82, 2.24) is 10.5 Å². The summed E-state index contributed by atoms with van der Waals surface area (Å²) in [4.78, 5) is 2.17. The van der Waals surface area contributed by atoms with Crippen molar-refractivity contribution in [1.29, 1.82) is 0 Å². The summed E-state index contributed by atoms with van der Waals surface area (Å²) in [5.74, 6) is 0.881. The Bertz CT molecular complexity index is 528. The minimum Gasteiger partial charge on any atom is -0.367 e. The molecule has 0 saturated carbocycles. The molecule has 2 aromatic rings. The normalized spacial score (nSPS) is 10.7. The molecule has 1 aromatic heterocycles. The van der Waals surface area contributed by atoms with Gasteiger partial charge in [-0.1, -0.05) is 11.2 Å². The summed E-state index contributed by atoms with van der Waals surface area (Å²) >= 11 is 0. The van der Waals surface area contributed by atoms with E-state index in [1.807, 2.05) is 13.1 Å². The third kappa shape index (κ3) is 3.58. The minimum atomic E-state index is 0.722. The summed E-state index contributed by atoms with van der Waals surface area (Å²) < 4.78 is 5.34. The van der Waals surface area contributed by atoms with Crippen LogP contribution in [0.4, 0.5) is 5.69 Å². The van der Waals surface area contributed by atoms with E-state index in [1.54, 1.807) is 0 Å². The van der Waals surface area contributed by atoms with Gasteiger partial charge in [0.15, 0.2) is 5.76 Å². The van der Waals surface area contributed by atoms with E-state index in [0.717, 1.165) is 24.5 Å². The van der Waals surface area contributed by atoms with Crippen LogP contribution in [0.25, 0.3) is 0 Å². The number of nitrogens with one attached hydrogen (secondary N) is 1. The molecule has 19 heavy (non-hydrogen) atoms. The first-order valence-electron chi connectivity index (χ1n) is 6.47. The Labute approximate surface area is 114 Å². The average Bonchev–Trinajstić information content (AvgIpc) is 2.76. The number of hydrogen-bond acceptors (Lipinski definition) is 4. The van der Waals surface area contributed by atoms with Crippen molar-refractivity contribution < 1.29 is 4.52 Å². The summed E-state index contributed by atoms with van der Waals surface area (Å²) in [6.45, 7) is 5.68. The first-order valence-corrected chi connectivity index (χ1v) is 6.47. The molecule has 2 rings (SSSR count). The predicted molar refractivity (Wildman–Crippen MR) is 77.3 cm³/mol. The molecule has 1 heterocycles. The van der Waals surface area contributed by atoms with E-state index in [2.05, 4.69) is 54.5 Å². The van der Waals surface area contributed by atoms with Gasteiger partial charge >= 0.3 is 0 Å². The zero-order valence-electron chi connectivity index (χ0n) is 12.0. The van der Waals surface area contributed by atoms with Crippen molar-refractivity contribution in [3.05, 3.63) is 46.8 Å². The number of aryl methyl sites for hydroxylation is 2. The Morgan fingerprint density at radius 2 is 1.84 bits per heavy atom. The van der Waals surface area contributed by atoms with Gasteiger partial charge in [0.05, 0.1) is 12.2 Å². The summed E-state index contributed by atoms with van der Waals surface area (Å²) in [5, 5.41) is 7.08. The highest BCUT2D eigenvalue weighted by Crippen LogP contribution is 2.19. The van der Waals surface area contributed by atoms with E-state index < -0.39 is 0 Å². The topological polar surface area (TPSA) is 41.3 Å². The van der Waals surface area contributed by atoms with Crippen molar-refractivity contribution >= 4 is 5.69 Å². The van der Waals surface area contributed by atoms with E-state index in [4.69, 9.17) is 4.52 Å². The van der Waals surface area contributed by atoms with Gasteiger partial charge in [-0.2, -0.15) is 0 Å². The van der Waals surface area contributed by atoms with Gasteiger partial charge < -0.3 is 14.7 Å². The zero-order chi connectivity index (χ0) is 13.8. The highest BCUT2D eigenvalue weighted by molar-refractivity contribution is 5.50. The van der Waals surface area contributed by atoms with Gasteiger partial charge in [-0.15, -0.1) is 0 Å². The number of aromatic nitrogens is 1. The summed E-state index contributed by atoms with van der Waals surface area (Å²) in [6.07, 6.45) is 0. The van der Waals surface area contributed by atoms with E-state index >= 15 is 0 Å². The molecular weight excluding hydrogens is 238 g/mol. The van der Waals surface area contributed by atoms with Crippen LogP contribution in [0.2, 0.25) is 0 Å². The Balaban J connectivity index is 2.08. The molecule has 0 atom stereocenters. The van der Waals surface area contributed by atoms with E-state index in [0.29, 0.717) is 0 Å². The average molecular weight is 259 g/mol. The van der Waals surface area contributed by atoms with E-state index in [-0.39, 0.29) is 0 Å². The van der Waals surface area contributed by atoms with Crippen LogP contribution in [-0.2, 0) is 13.1 Å². The summed E-state index contributed by atoms with van der Waals surface area (Å²) in [6, 6.07) is 8.53. The zero-order valence-corrected chi connectivity index (χ0v) is 12.0. The molecule has 0 amide bonds. The maximum Gasteiger partial charge on any atom is 0.156 e. The van der Waals surface area contributed by atoms with Crippen molar-refractivity contribution in [2.75, 3.05) is 19.0 Å². The Morgan fingerprint density at radius 1 is 1.16 bits per heavy atom. The fourth-order valence-electron chi connectivity index (χ4n) is 2.19. The molecule has 1 N–H and O–H groups in total. The number of anilines is 1. The van der Waals surface area contributed by atoms with Crippen LogP contribution in [0, 0.1) is 13.8 Å². The lowest BCUT2D eigenvalue weighted by Crippen LogP contribution is -2.16. The first kappa shape index (κ1) is 13.6. The smallest absolute Gasteiger partial charge is 0.156 e. The third-order valence-corrected chi connectivity index (χ3v) is 3.01. The van der Waals surface area contributed by atoms with Gasteiger partial charge in [0.25, 0.3) is 0 Å². The Hall–Kier alpha value is -1.81. The van der Waals surface area contributed by atoms with Crippen LogP contribution in [0.5, 0.6) is 0 Å². The largest absolute Gasteiger partial charge is 0.367 e. The molecule has 4 heteroatoms. The lowest BCUT2D eigenvalue weighted by molar-refractivity contribution is 0.375. The van der Waals surface area contributed by atoms with Crippen LogP contribution in [0.15, 0.2) is 28.8 Å². The van der Waals surface area contributed by atoms with Crippen LogP contribution >= 0.6 is 0 Å². The number of hydrogen-bond donors (Lipinski definition) is 1. The van der Waals surface area contributed by atoms with Gasteiger partial charge in [-0.25, -0.2) is 0 Å². The molecule has 1 aromatic carbocycles. The van der Waals surface area contributed by atoms with Gasteiger partial charge in [0, 0.05) is 25.3 Å². The number of rotatable bonds is 5. The van der Waals surface area contributed by atoms with Crippen molar-refractivity contribution in [3.8, 4) is 0 Å². The van der Waals surface area contributed by atoms with Crippen LogP contribution in [-0.4, -0.2) is 19.3 Å². The quantitative estimate of drug-likeness (QED) is 0.896. The van der Waals surface area contributed by atoms with Crippen molar-refractivity contribution in [2.45, 2.75) is 26.9 Å². The Kier molecular flexibility index (Phi) is 4.22. The molecule has 4 nitrogen and oxygen atoms in total. The van der Waals surface area contributed by atoms with Crippen molar-refractivity contribution in [2.24, 2.45) is 0 Å². The van der Waals surface area contributed by atoms with Gasteiger partial charge in [-0.05, 0) is 44.2 Å². The summed E-state index contributed by atoms with van der Waals surface area (Å²) in [7, 11) is 3.96. The van der Waals surface area contributed by atoms with Crippen molar-refractivity contribution in [3.63, 3.8) is 0 Å². The van der Waals surface area contributed by atoms with Crippen LogP contribution in [0.1, 0.15) is 22.6 Å². The SMILES string of the molecule is CNCc1cc(CN(C)c2cc(C)cc(C)c2)on1. The number of nitrogens with zero attached hydrogens (tertiary/aromatic N) is 2. The molecule has 0 bridgehead atoms. The lowest BCUT2D eigenvalue weighted by Gasteiger charge is -2.18. The van der Waals surface area contributed by atoms with Crippen LogP contribution in [0.3, 0.4) is 0 Å². The molecule has 0 spiro atoms. The highest BCUT2D eigenvalue weighted by Gasteiger charge is 2.08. The highest BCUT2D eigenvalue weighted by atomic mass is 16.5. The van der Waals surface area contributed by atoms with Gasteiger partial charge in [0.1, 0.15) is 0 Å². The fourth-order valence-corrected chi connectivity index (χ4v) is 2.19. The third-order valence-electron chi connectivity index (χ3n) is 3.01. The second kappa shape index (κ2) is 5.89.